The first-order valence-corrected chi connectivity index (χ1v) is 9.59. The van der Waals surface area contributed by atoms with Crippen LogP contribution in [0.5, 0.6) is 0 Å². The number of aromatic nitrogens is 1. The normalized spacial score (nSPS) is 12.6. The fourth-order valence-corrected chi connectivity index (χ4v) is 3.16. The molecule has 6 heteroatoms. The first-order chi connectivity index (χ1) is 12.7. The molecule has 0 aliphatic heterocycles. The molecule has 1 aromatic carbocycles. The lowest BCUT2D eigenvalue weighted by Crippen LogP contribution is -2.43. The highest BCUT2D eigenvalue weighted by atomic mass is 127. The van der Waals surface area contributed by atoms with Gasteiger partial charge >= 0.3 is 0 Å². The Hall–Kier alpha value is -1.54. The summed E-state index contributed by atoms with van der Waals surface area (Å²) >= 11 is 0. The number of benzene rings is 1. The van der Waals surface area contributed by atoms with Crippen LogP contribution in [-0.4, -0.2) is 41.6 Å². The number of guanidine groups is 1. The van der Waals surface area contributed by atoms with Crippen LogP contribution in [0, 0.1) is 0 Å². The van der Waals surface area contributed by atoms with Crippen molar-refractivity contribution >= 4 is 29.9 Å². The van der Waals surface area contributed by atoms with Crippen LogP contribution in [0.3, 0.4) is 0 Å². The number of aryl methyl sites for hydroxylation is 1. The van der Waals surface area contributed by atoms with Crippen molar-refractivity contribution < 1.29 is 0 Å². The Kier molecular flexibility index (Phi) is 11.1. The SMILES string of the molecule is CCNC(=NCc1ccn(C)c1)NCC(c1ccccc1)N(CC)CC.I. The number of aliphatic imine (C=N–C) groups is 1. The van der Waals surface area contributed by atoms with E-state index in [9.17, 15) is 0 Å². The number of likely N-dealkylation sites (N-methyl/N-ethyl adjacent to an activating group) is 1. The second-order valence-corrected chi connectivity index (χ2v) is 6.41. The van der Waals surface area contributed by atoms with E-state index in [1.807, 2.05) is 7.05 Å². The number of nitrogens with zero attached hydrogens (tertiary/aromatic N) is 3. The first-order valence-electron chi connectivity index (χ1n) is 9.59. The van der Waals surface area contributed by atoms with E-state index < -0.39 is 0 Å². The third-order valence-electron chi connectivity index (χ3n) is 4.56. The lowest BCUT2D eigenvalue weighted by atomic mass is 10.1. The average molecular weight is 483 g/mol. The van der Waals surface area contributed by atoms with E-state index in [0.717, 1.165) is 32.1 Å². The van der Waals surface area contributed by atoms with Gasteiger partial charge in [-0.3, -0.25) is 4.90 Å². The number of nitrogens with one attached hydrogen (secondary N) is 2. The van der Waals surface area contributed by atoms with E-state index >= 15 is 0 Å². The molecule has 0 bridgehead atoms. The van der Waals surface area contributed by atoms with Crippen LogP contribution in [-0.2, 0) is 13.6 Å². The quantitative estimate of drug-likeness (QED) is 0.324. The van der Waals surface area contributed by atoms with Gasteiger partial charge in [0, 0.05) is 32.5 Å². The van der Waals surface area contributed by atoms with Gasteiger partial charge < -0.3 is 15.2 Å². The molecule has 150 valence electrons. The van der Waals surface area contributed by atoms with Crippen molar-refractivity contribution in [2.24, 2.45) is 12.0 Å². The topological polar surface area (TPSA) is 44.6 Å². The Bertz CT molecular complexity index is 664. The molecular formula is C21H34IN5. The second kappa shape index (κ2) is 12.8. The van der Waals surface area contributed by atoms with E-state index in [4.69, 9.17) is 4.99 Å². The van der Waals surface area contributed by atoms with Gasteiger partial charge in [-0.25, -0.2) is 4.99 Å². The Morgan fingerprint density at radius 3 is 2.33 bits per heavy atom. The molecule has 5 nitrogen and oxygen atoms in total. The highest BCUT2D eigenvalue weighted by molar-refractivity contribution is 14.0. The molecule has 1 atom stereocenters. The summed E-state index contributed by atoms with van der Waals surface area (Å²) < 4.78 is 2.05. The highest BCUT2D eigenvalue weighted by Crippen LogP contribution is 2.19. The zero-order valence-electron chi connectivity index (χ0n) is 17.0. The minimum absolute atomic E-state index is 0. The van der Waals surface area contributed by atoms with Crippen LogP contribution >= 0.6 is 24.0 Å². The lowest BCUT2D eigenvalue weighted by molar-refractivity contribution is 0.219. The molecule has 1 heterocycles. The molecule has 1 aromatic heterocycles. The van der Waals surface area contributed by atoms with Gasteiger partial charge in [0.05, 0.1) is 12.6 Å². The monoisotopic (exact) mass is 483 g/mol. The van der Waals surface area contributed by atoms with E-state index in [0.29, 0.717) is 12.6 Å². The van der Waals surface area contributed by atoms with Crippen molar-refractivity contribution in [2.75, 3.05) is 26.2 Å². The third kappa shape index (κ3) is 7.54. The van der Waals surface area contributed by atoms with Gasteiger partial charge in [-0.2, -0.15) is 0 Å². The smallest absolute Gasteiger partial charge is 0.191 e. The molecule has 0 aliphatic carbocycles. The van der Waals surface area contributed by atoms with Gasteiger partial charge in [-0.15, -0.1) is 24.0 Å². The summed E-state index contributed by atoms with van der Waals surface area (Å²) in [6.07, 6.45) is 4.16. The van der Waals surface area contributed by atoms with Crippen molar-refractivity contribution in [1.29, 1.82) is 0 Å². The van der Waals surface area contributed by atoms with Crippen LogP contribution < -0.4 is 10.6 Å². The number of hydrogen-bond donors (Lipinski definition) is 2. The molecular weight excluding hydrogens is 449 g/mol. The van der Waals surface area contributed by atoms with Crippen LogP contribution in [0.2, 0.25) is 0 Å². The predicted octanol–water partition coefficient (Wildman–Crippen LogP) is 3.78. The maximum Gasteiger partial charge on any atom is 0.191 e. The Morgan fingerprint density at radius 1 is 1.07 bits per heavy atom. The minimum Gasteiger partial charge on any atom is -0.357 e. The minimum atomic E-state index is 0. The molecule has 0 fully saturated rings. The molecule has 27 heavy (non-hydrogen) atoms. The number of hydrogen-bond acceptors (Lipinski definition) is 2. The van der Waals surface area contributed by atoms with Crippen LogP contribution in [0.1, 0.15) is 37.9 Å². The summed E-state index contributed by atoms with van der Waals surface area (Å²) in [4.78, 5) is 7.21. The highest BCUT2D eigenvalue weighted by Gasteiger charge is 2.18. The standard InChI is InChI=1S/C21H33N5.HI/c1-5-22-21(23-15-18-13-14-25(4)17-18)24-16-20(26(6-2)7-3)19-11-9-8-10-12-19;/h8-14,17,20H,5-7,15-16H2,1-4H3,(H2,22,23,24);1H. The predicted molar refractivity (Wildman–Crippen MR) is 126 cm³/mol. The zero-order chi connectivity index (χ0) is 18.8. The summed E-state index contributed by atoms with van der Waals surface area (Å²) in [5.74, 6) is 0.865. The molecule has 0 spiro atoms. The van der Waals surface area contributed by atoms with Crippen LogP contribution in [0.15, 0.2) is 53.8 Å². The van der Waals surface area contributed by atoms with Crippen LogP contribution in [0.4, 0.5) is 0 Å². The third-order valence-corrected chi connectivity index (χ3v) is 4.56. The number of halogens is 1. The molecule has 0 saturated carbocycles. The summed E-state index contributed by atoms with van der Waals surface area (Å²) in [5.41, 5.74) is 2.55. The summed E-state index contributed by atoms with van der Waals surface area (Å²) in [6, 6.07) is 13.1. The van der Waals surface area contributed by atoms with Crippen LogP contribution in [0.25, 0.3) is 0 Å². The van der Waals surface area contributed by atoms with Gasteiger partial charge in [-0.1, -0.05) is 44.2 Å². The fourth-order valence-electron chi connectivity index (χ4n) is 3.16. The van der Waals surface area contributed by atoms with Crippen molar-refractivity contribution in [3.05, 3.63) is 59.9 Å². The van der Waals surface area contributed by atoms with E-state index in [1.54, 1.807) is 0 Å². The van der Waals surface area contributed by atoms with Crippen molar-refractivity contribution in [2.45, 2.75) is 33.4 Å². The second-order valence-electron chi connectivity index (χ2n) is 6.41. The maximum atomic E-state index is 4.74. The van der Waals surface area contributed by atoms with Crippen molar-refractivity contribution in [3.8, 4) is 0 Å². The Balaban J connectivity index is 0.00000364. The zero-order valence-corrected chi connectivity index (χ0v) is 19.3. The van der Waals surface area contributed by atoms with E-state index in [2.05, 4.69) is 89.7 Å². The van der Waals surface area contributed by atoms with Crippen molar-refractivity contribution in [1.82, 2.24) is 20.1 Å². The van der Waals surface area contributed by atoms with Gasteiger partial charge in [0.25, 0.3) is 0 Å². The number of rotatable bonds is 9. The molecule has 0 saturated heterocycles. The summed E-state index contributed by atoms with van der Waals surface area (Å²) in [5, 5.41) is 6.89. The summed E-state index contributed by atoms with van der Waals surface area (Å²) in [6.45, 7) is 10.9. The largest absolute Gasteiger partial charge is 0.357 e. The van der Waals surface area contributed by atoms with Gasteiger partial charge in [-0.05, 0) is 37.2 Å². The molecule has 0 aliphatic rings. The molecule has 0 amide bonds. The Morgan fingerprint density at radius 2 is 1.78 bits per heavy atom. The average Bonchev–Trinajstić information content (AvgIpc) is 3.09. The van der Waals surface area contributed by atoms with E-state index in [-0.39, 0.29) is 24.0 Å². The maximum absolute atomic E-state index is 4.74. The van der Waals surface area contributed by atoms with Gasteiger partial charge in [0.15, 0.2) is 5.96 Å². The summed E-state index contributed by atoms with van der Waals surface area (Å²) in [7, 11) is 2.03. The van der Waals surface area contributed by atoms with Gasteiger partial charge in [0.1, 0.15) is 0 Å². The first kappa shape index (κ1) is 23.5. The molecule has 0 radical (unpaired) electrons. The lowest BCUT2D eigenvalue weighted by Gasteiger charge is -2.30. The molecule has 1 unspecified atom stereocenters. The molecule has 2 N–H and O–H groups in total. The van der Waals surface area contributed by atoms with Crippen molar-refractivity contribution in [3.63, 3.8) is 0 Å². The fraction of sp³-hybridized carbons (Fsp3) is 0.476. The molecule has 2 rings (SSSR count). The Labute approximate surface area is 181 Å². The van der Waals surface area contributed by atoms with E-state index in [1.165, 1.54) is 11.1 Å². The van der Waals surface area contributed by atoms with Gasteiger partial charge in [0.2, 0.25) is 0 Å². The molecule has 2 aromatic rings.